The van der Waals surface area contributed by atoms with E-state index in [4.69, 9.17) is 30.8 Å². The molecule has 0 bridgehead atoms. The van der Waals surface area contributed by atoms with Crippen molar-refractivity contribution >= 4 is 23.4 Å². The Morgan fingerprint density at radius 1 is 1.06 bits per heavy atom. The van der Waals surface area contributed by atoms with Crippen molar-refractivity contribution in [1.82, 2.24) is 9.55 Å². The monoisotopic (exact) mass is 528 g/mol. The molecule has 1 aromatic heterocycles. The fourth-order valence-electron chi connectivity index (χ4n) is 4.27. The van der Waals surface area contributed by atoms with Gasteiger partial charge in [-0.2, -0.15) is 0 Å². The fourth-order valence-corrected chi connectivity index (χ4v) is 5.66. The first-order valence-corrected chi connectivity index (χ1v) is 12.6. The molecule has 1 atom stereocenters. The van der Waals surface area contributed by atoms with Crippen LogP contribution in [-0.4, -0.2) is 30.4 Å². The van der Waals surface area contributed by atoms with Crippen LogP contribution in [0.15, 0.2) is 65.8 Å². The quantitative estimate of drug-likeness (QED) is 0.248. The summed E-state index contributed by atoms with van der Waals surface area (Å²) in [5.74, 6) is 0.772. The molecule has 0 aliphatic carbocycles. The van der Waals surface area contributed by atoms with E-state index in [1.54, 1.807) is 38.5 Å². The maximum atomic E-state index is 14.5. The van der Waals surface area contributed by atoms with Gasteiger partial charge < -0.3 is 14.2 Å². The molecule has 0 saturated heterocycles. The van der Waals surface area contributed by atoms with Gasteiger partial charge in [-0.25, -0.2) is 13.8 Å². The standard InChI is InChI=1S/C27H23ClF2N2O3S/c1-33-23-11-6-16(14-24(23)34-2)26-25-22(12-13-35-26)31-27(32(25)18-9-7-17(29)8-10-18)36-15-19-20(28)4-3-5-21(19)30/h3-11,14,26H,12-13,15H2,1-2H3. The second kappa shape index (κ2) is 10.5. The number of methoxy groups -OCH3 is 2. The maximum Gasteiger partial charge on any atom is 0.173 e. The van der Waals surface area contributed by atoms with E-state index in [2.05, 4.69) is 0 Å². The summed E-state index contributed by atoms with van der Waals surface area (Å²) in [5, 5.41) is 1.00. The zero-order valence-corrected chi connectivity index (χ0v) is 21.2. The van der Waals surface area contributed by atoms with Crippen LogP contribution in [0.1, 0.15) is 28.6 Å². The van der Waals surface area contributed by atoms with Crippen molar-refractivity contribution in [2.75, 3.05) is 20.8 Å². The number of imidazole rings is 1. The number of halogens is 3. The highest BCUT2D eigenvalue weighted by Crippen LogP contribution is 2.41. The zero-order valence-electron chi connectivity index (χ0n) is 19.6. The Bertz CT molecular complexity index is 1370. The zero-order chi connectivity index (χ0) is 25.2. The van der Waals surface area contributed by atoms with Crippen molar-refractivity contribution in [1.29, 1.82) is 0 Å². The minimum absolute atomic E-state index is 0.282. The van der Waals surface area contributed by atoms with Crippen LogP contribution in [0.2, 0.25) is 5.02 Å². The number of benzene rings is 3. The third-order valence-corrected chi connectivity index (χ3v) is 7.35. The third-order valence-electron chi connectivity index (χ3n) is 6.03. The Morgan fingerprint density at radius 2 is 1.83 bits per heavy atom. The van der Waals surface area contributed by atoms with E-state index in [1.807, 2.05) is 22.8 Å². The smallest absolute Gasteiger partial charge is 0.173 e. The summed E-state index contributed by atoms with van der Waals surface area (Å²) in [6.07, 6.45) is 0.166. The summed E-state index contributed by atoms with van der Waals surface area (Å²) in [5.41, 5.74) is 3.70. The molecule has 186 valence electrons. The Morgan fingerprint density at radius 3 is 2.56 bits per heavy atom. The molecule has 5 nitrogen and oxygen atoms in total. The van der Waals surface area contributed by atoms with Crippen LogP contribution in [0.5, 0.6) is 11.5 Å². The van der Waals surface area contributed by atoms with Crippen LogP contribution in [0, 0.1) is 11.6 Å². The first-order chi connectivity index (χ1) is 17.5. The molecule has 9 heteroatoms. The van der Waals surface area contributed by atoms with E-state index in [0.717, 1.165) is 22.6 Å². The predicted molar refractivity (Wildman–Crippen MR) is 136 cm³/mol. The highest BCUT2D eigenvalue weighted by Gasteiger charge is 2.31. The average molecular weight is 529 g/mol. The summed E-state index contributed by atoms with van der Waals surface area (Å²) in [6, 6.07) is 16.5. The summed E-state index contributed by atoms with van der Waals surface area (Å²) in [7, 11) is 3.17. The Kier molecular flexibility index (Phi) is 7.18. The van der Waals surface area contributed by atoms with Crippen molar-refractivity contribution in [3.8, 4) is 17.2 Å². The fraction of sp³-hybridized carbons (Fsp3) is 0.222. The molecule has 0 amide bonds. The number of hydrogen-bond acceptors (Lipinski definition) is 5. The molecule has 0 radical (unpaired) electrons. The first kappa shape index (κ1) is 24.6. The van der Waals surface area contributed by atoms with Crippen molar-refractivity contribution in [2.45, 2.75) is 23.4 Å². The van der Waals surface area contributed by atoms with Gasteiger partial charge in [-0.1, -0.05) is 35.5 Å². The number of rotatable bonds is 7. The van der Waals surface area contributed by atoms with E-state index >= 15 is 0 Å². The first-order valence-electron chi connectivity index (χ1n) is 11.3. The summed E-state index contributed by atoms with van der Waals surface area (Å²) >= 11 is 7.63. The van der Waals surface area contributed by atoms with Gasteiger partial charge in [0.1, 0.15) is 17.7 Å². The van der Waals surface area contributed by atoms with E-state index < -0.39 is 6.10 Å². The lowest BCUT2D eigenvalue weighted by Crippen LogP contribution is -2.20. The van der Waals surface area contributed by atoms with Crippen LogP contribution >= 0.6 is 23.4 Å². The summed E-state index contributed by atoms with van der Waals surface area (Å²) in [4.78, 5) is 4.91. The number of hydrogen-bond donors (Lipinski definition) is 0. The Labute approximate surface area is 217 Å². The van der Waals surface area contributed by atoms with E-state index in [9.17, 15) is 8.78 Å². The van der Waals surface area contributed by atoms with Crippen molar-refractivity contribution < 1.29 is 23.0 Å². The van der Waals surface area contributed by atoms with Gasteiger partial charge in [-0.3, -0.25) is 4.57 Å². The van der Waals surface area contributed by atoms with Gasteiger partial charge in [0, 0.05) is 28.4 Å². The third kappa shape index (κ3) is 4.68. The van der Waals surface area contributed by atoms with Gasteiger partial charge in [0.2, 0.25) is 0 Å². The van der Waals surface area contributed by atoms with Crippen LogP contribution in [0.3, 0.4) is 0 Å². The molecule has 1 aliphatic rings. The van der Waals surface area contributed by atoms with E-state index in [0.29, 0.717) is 40.3 Å². The average Bonchev–Trinajstić information content (AvgIpc) is 3.27. The molecule has 5 rings (SSSR count). The molecule has 1 aliphatic heterocycles. The lowest BCUT2D eigenvalue weighted by molar-refractivity contribution is 0.0646. The molecule has 0 spiro atoms. The largest absolute Gasteiger partial charge is 0.493 e. The molecule has 1 unspecified atom stereocenters. The van der Waals surface area contributed by atoms with Crippen molar-refractivity contribution in [3.63, 3.8) is 0 Å². The van der Waals surface area contributed by atoms with Crippen molar-refractivity contribution in [3.05, 3.63) is 99.8 Å². The number of thioether (sulfide) groups is 1. The molecular formula is C27H23ClF2N2O3S. The molecule has 2 heterocycles. The Hall–Kier alpha value is -3.07. The second-order valence-electron chi connectivity index (χ2n) is 8.14. The van der Waals surface area contributed by atoms with Crippen LogP contribution in [0.4, 0.5) is 8.78 Å². The predicted octanol–water partition coefficient (Wildman–Crippen LogP) is 6.78. The maximum absolute atomic E-state index is 14.5. The highest BCUT2D eigenvalue weighted by molar-refractivity contribution is 7.98. The normalized spacial score (nSPS) is 15.0. The molecule has 0 fully saturated rings. The number of ether oxygens (including phenoxy) is 3. The highest BCUT2D eigenvalue weighted by atomic mass is 35.5. The molecular weight excluding hydrogens is 506 g/mol. The van der Waals surface area contributed by atoms with Crippen LogP contribution in [0.25, 0.3) is 5.69 Å². The SMILES string of the molecule is COc1ccc(C2OCCc3nc(SCc4c(F)cccc4Cl)n(-c4ccc(F)cc4)c32)cc1OC. The summed E-state index contributed by atoms with van der Waals surface area (Å²) in [6.45, 7) is 0.482. The molecule has 36 heavy (non-hydrogen) atoms. The van der Waals surface area contributed by atoms with Gasteiger partial charge in [0.25, 0.3) is 0 Å². The van der Waals surface area contributed by atoms with Crippen LogP contribution in [-0.2, 0) is 16.9 Å². The Balaban J connectivity index is 1.61. The van der Waals surface area contributed by atoms with Gasteiger partial charge >= 0.3 is 0 Å². The van der Waals surface area contributed by atoms with Crippen molar-refractivity contribution in [2.24, 2.45) is 0 Å². The lowest BCUT2D eigenvalue weighted by Gasteiger charge is -2.26. The minimum atomic E-state index is -0.447. The second-order valence-corrected chi connectivity index (χ2v) is 9.49. The van der Waals surface area contributed by atoms with Crippen LogP contribution < -0.4 is 9.47 Å². The molecule has 4 aromatic rings. The van der Waals surface area contributed by atoms with E-state index in [-0.39, 0.29) is 17.4 Å². The molecule has 0 N–H and O–H groups in total. The van der Waals surface area contributed by atoms with Gasteiger partial charge in [0.05, 0.1) is 32.2 Å². The molecule has 0 saturated carbocycles. The van der Waals surface area contributed by atoms with Gasteiger partial charge in [0.15, 0.2) is 16.7 Å². The minimum Gasteiger partial charge on any atom is -0.493 e. The van der Waals surface area contributed by atoms with Gasteiger partial charge in [-0.05, 0) is 54.1 Å². The van der Waals surface area contributed by atoms with E-state index in [1.165, 1.54) is 30.0 Å². The number of nitrogens with zero attached hydrogens (tertiary/aromatic N) is 2. The lowest BCUT2D eigenvalue weighted by atomic mass is 10.0. The number of aromatic nitrogens is 2. The number of fused-ring (bicyclic) bond motifs is 1. The summed E-state index contributed by atoms with van der Waals surface area (Å²) < 4.78 is 47.3. The molecule has 3 aromatic carbocycles. The van der Waals surface area contributed by atoms with Gasteiger partial charge in [-0.15, -0.1) is 0 Å². The topological polar surface area (TPSA) is 45.5 Å².